The molecule has 3 nitrogen and oxygen atoms in total. The Hall–Kier alpha value is -2.50. The number of fused-ring (bicyclic) bond motifs is 4. The fourth-order valence-corrected chi connectivity index (χ4v) is 9.20. The first-order valence-electron chi connectivity index (χ1n) is 10.9. The molecule has 4 aromatic rings. The molecule has 1 aromatic heterocycles. The number of allylic oxidation sites excluding steroid dienone is 2. The first kappa shape index (κ1) is 24.6. The third kappa shape index (κ3) is 3.99. The number of carbonyl (C=O) groups is 1. The van der Waals surface area contributed by atoms with Crippen LogP contribution in [0.15, 0.2) is 82.4 Å². The fourth-order valence-electron chi connectivity index (χ4n) is 4.83. The maximum atomic E-state index is 10.0. The van der Waals surface area contributed by atoms with Crippen LogP contribution >= 0.6 is 11.8 Å². The molecule has 6 heteroatoms. The van der Waals surface area contributed by atoms with Crippen molar-refractivity contribution in [2.45, 2.75) is 36.7 Å². The first-order chi connectivity index (χ1) is 15.8. The van der Waals surface area contributed by atoms with E-state index < -0.39 is 8.07 Å². The normalized spacial score (nSPS) is 14.2. The van der Waals surface area contributed by atoms with E-state index in [0.29, 0.717) is 0 Å². The molecule has 0 unspecified atom stereocenters. The summed E-state index contributed by atoms with van der Waals surface area (Å²) in [6.45, 7) is 7.77. The van der Waals surface area contributed by atoms with E-state index in [1.54, 1.807) is 5.19 Å². The molecule has 34 heavy (non-hydrogen) atoms. The van der Waals surface area contributed by atoms with Crippen LogP contribution in [0.4, 0.5) is 0 Å². The average Bonchev–Trinajstić information content (AvgIpc) is 2.92. The molecular weight excluding hydrogens is 635 g/mol. The van der Waals surface area contributed by atoms with Crippen molar-refractivity contribution < 1.29 is 30.0 Å². The molecule has 3 aromatic carbocycles. The summed E-state index contributed by atoms with van der Waals surface area (Å²) in [5, 5.41) is 14.0. The van der Waals surface area contributed by atoms with Gasteiger partial charge in [0.15, 0.2) is 5.78 Å². The summed E-state index contributed by atoms with van der Waals surface area (Å²) >= 11 is 1.89. The van der Waals surface area contributed by atoms with Gasteiger partial charge in [-0.05, 0) is 48.0 Å². The molecule has 0 atom stereocenters. The Balaban J connectivity index is 0.000000303. The molecule has 2 aliphatic heterocycles. The van der Waals surface area contributed by atoms with E-state index in [1.165, 1.54) is 56.8 Å². The molecule has 1 N–H and O–H groups in total. The minimum atomic E-state index is -1.67. The second-order valence-corrected chi connectivity index (χ2v) is 14.3. The molecule has 1 radical (unpaired) electrons. The van der Waals surface area contributed by atoms with E-state index in [1.807, 2.05) is 18.0 Å². The van der Waals surface area contributed by atoms with Gasteiger partial charge in [0, 0.05) is 37.3 Å². The van der Waals surface area contributed by atoms with Crippen LogP contribution in [-0.4, -0.2) is 23.9 Å². The standard InChI is InChI=1S/C23H16NSSi.C5H8O2.Ir/c1-26(2)18-9-5-8-17-20(18)21-19(26)12-13-24-22(21)16-11-10-14-6-3-4-7-15(14)23(16)25-17;1-4(6)3-5(2)7;/h3-10,12-13H,1-2H3;3,6H,1-2H3;/q-1;;/b;4-3-;. The molecule has 3 heterocycles. The molecule has 173 valence electrons. The number of nitrogens with zero attached hydrogens (tertiary/aromatic N) is 1. The maximum absolute atomic E-state index is 10.0. The van der Waals surface area contributed by atoms with Gasteiger partial charge in [0.25, 0.3) is 0 Å². The molecule has 0 fully saturated rings. The Morgan fingerprint density at radius 1 is 1.03 bits per heavy atom. The molecule has 2 aliphatic rings. The van der Waals surface area contributed by atoms with Gasteiger partial charge in [-0.1, -0.05) is 70.3 Å². The van der Waals surface area contributed by atoms with Gasteiger partial charge in [0.05, 0.1) is 5.76 Å². The summed E-state index contributed by atoms with van der Waals surface area (Å²) in [7, 11) is -1.67. The smallest absolute Gasteiger partial charge is 0.155 e. The van der Waals surface area contributed by atoms with Crippen LogP contribution < -0.4 is 10.4 Å². The second kappa shape index (κ2) is 9.27. The Kier molecular flexibility index (Phi) is 6.71. The van der Waals surface area contributed by atoms with Crippen LogP contribution in [-0.2, 0) is 24.9 Å². The van der Waals surface area contributed by atoms with Crippen molar-refractivity contribution in [1.82, 2.24) is 4.98 Å². The number of aromatic nitrogens is 1. The van der Waals surface area contributed by atoms with E-state index in [2.05, 4.69) is 73.8 Å². The number of ketones is 1. The Bertz CT molecular complexity index is 1480. The molecule has 6 rings (SSSR count). The van der Waals surface area contributed by atoms with Crippen molar-refractivity contribution in [3.05, 3.63) is 78.7 Å². The topological polar surface area (TPSA) is 50.2 Å². The predicted molar refractivity (Wildman–Crippen MR) is 139 cm³/mol. The van der Waals surface area contributed by atoms with Crippen LogP contribution in [0.2, 0.25) is 13.1 Å². The van der Waals surface area contributed by atoms with Crippen LogP contribution in [0.25, 0.3) is 33.2 Å². The largest absolute Gasteiger partial charge is 0.512 e. The number of aliphatic hydroxyl groups excluding tert-OH is 1. The van der Waals surface area contributed by atoms with Crippen molar-refractivity contribution in [1.29, 1.82) is 0 Å². The van der Waals surface area contributed by atoms with Crippen LogP contribution in [0.5, 0.6) is 0 Å². The van der Waals surface area contributed by atoms with Crippen LogP contribution in [0, 0.1) is 6.07 Å². The van der Waals surface area contributed by atoms with Gasteiger partial charge >= 0.3 is 0 Å². The van der Waals surface area contributed by atoms with Crippen molar-refractivity contribution in [3.63, 3.8) is 0 Å². The number of hydrogen-bond donors (Lipinski definition) is 1. The van der Waals surface area contributed by atoms with E-state index in [-0.39, 0.29) is 31.6 Å². The summed E-state index contributed by atoms with van der Waals surface area (Å²) in [6.07, 6.45) is 3.16. The van der Waals surface area contributed by atoms with Gasteiger partial charge in [0.1, 0.15) is 8.07 Å². The molecule has 0 bridgehead atoms. The molecule has 0 saturated carbocycles. The molecule has 0 aliphatic carbocycles. The van der Waals surface area contributed by atoms with E-state index >= 15 is 0 Å². The number of benzene rings is 3. The molecule has 0 amide bonds. The van der Waals surface area contributed by atoms with Crippen molar-refractivity contribution in [2.75, 3.05) is 0 Å². The Morgan fingerprint density at radius 3 is 2.47 bits per heavy atom. The molecule has 0 saturated heterocycles. The first-order valence-corrected chi connectivity index (χ1v) is 14.7. The SMILES string of the molecule is CC(=O)/C=C(/C)O.C[Si]1(C)c2cccc3c2-c2c1ccnc2-c1[c-]cc2ccccc2c1S3.[Ir]. The number of hydrogen-bond acceptors (Lipinski definition) is 4. The van der Waals surface area contributed by atoms with Gasteiger partial charge in [-0.3, -0.25) is 4.79 Å². The maximum Gasteiger partial charge on any atom is 0.155 e. The Morgan fingerprint density at radius 2 is 1.76 bits per heavy atom. The van der Waals surface area contributed by atoms with Crippen molar-refractivity contribution in [2.24, 2.45) is 0 Å². The zero-order valence-electron chi connectivity index (χ0n) is 19.4. The number of pyridine rings is 1. The van der Waals surface area contributed by atoms with E-state index in [0.717, 1.165) is 11.3 Å². The Labute approximate surface area is 218 Å². The minimum Gasteiger partial charge on any atom is -0.512 e. The minimum absolute atomic E-state index is 0. The van der Waals surface area contributed by atoms with Gasteiger partial charge in [-0.15, -0.1) is 29.5 Å². The van der Waals surface area contributed by atoms with Gasteiger partial charge in [-0.2, -0.15) is 0 Å². The molecule has 0 spiro atoms. The number of carbonyl (C=O) groups excluding carboxylic acids is 1. The number of aliphatic hydroxyl groups is 1. The van der Waals surface area contributed by atoms with Crippen LogP contribution in [0.1, 0.15) is 13.8 Å². The van der Waals surface area contributed by atoms with Crippen molar-refractivity contribution in [3.8, 4) is 22.4 Å². The third-order valence-corrected chi connectivity index (χ3v) is 11.0. The zero-order chi connectivity index (χ0) is 23.3. The number of rotatable bonds is 1. The van der Waals surface area contributed by atoms with Gasteiger partial charge < -0.3 is 10.1 Å². The van der Waals surface area contributed by atoms with Gasteiger partial charge in [-0.25, -0.2) is 0 Å². The fraction of sp³-hybridized carbons (Fsp3) is 0.143. The predicted octanol–water partition coefficient (Wildman–Crippen LogP) is 6.00. The zero-order valence-corrected chi connectivity index (χ0v) is 23.6. The summed E-state index contributed by atoms with van der Waals surface area (Å²) < 4.78 is 0. The third-order valence-electron chi connectivity index (χ3n) is 6.24. The quantitative estimate of drug-likeness (QED) is 0.104. The summed E-state index contributed by atoms with van der Waals surface area (Å²) in [5.41, 5.74) is 5.06. The van der Waals surface area contributed by atoms with E-state index in [4.69, 9.17) is 10.1 Å². The van der Waals surface area contributed by atoms with E-state index in [9.17, 15) is 4.79 Å². The average molecular weight is 659 g/mol. The van der Waals surface area contributed by atoms with Gasteiger partial charge in [0.2, 0.25) is 0 Å². The summed E-state index contributed by atoms with van der Waals surface area (Å²) in [4.78, 5) is 17.5. The van der Waals surface area contributed by atoms with Crippen LogP contribution in [0.3, 0.4) is 0 Å². The summed E-state index contributed by atoms with van der Waals surface area (Å²) in [6, 6.07) is 23.4. The monoisotopic (exact) mass is 659 g/mol. The molecular formula is C28H24IrNO2SSi-. The van der Waals surface area contributed by atoms with Crippen molar-refractivity contribution >= 4 is 46.8 Å². The second-order valence-electron chi connectivity index (χ2n) is 8.96. The summed E-state index contributed by atoms with van der Waals surface area (Å²) in [5.74, 6) is -0.0625.